The van der Waals surface area contributed by atoms with Crippen LogP contribution in [0.4, 0.5) is 26.4 Å². The molecule has 1 saturated heterocycles. The van der Waals surface area contributed by atoms with Crippen molar-refractivity contribution in [3.8, 4) is 11.5 Å². The van der Waals surface area contributed by atoms with Crippen LogP contribution in [-0.4, -0.2) is 53.1 Å². The second-order valence-corrected chi connectivity index (χ2v) is 8.99. The van der Waals surface area contributed by atoms with Crippen LogP contribution in [0.3, 0.4) is 0 Å². The van der Waals surface area contributed by atoms with E-state index in [-0.39, 0.29) is 45.0 Å². The molecule has 0 unspecified atom stereocenters. The van der Waals surface area contributed by atoms with Crippen molar-refractivity contribution in [3.63, 3.8) is 0 Å². The zero-order valence-electron chi connectivity index (χ0n) is 19.1. The number of ether oxygens (including phenoxy) is 2. The molecule has 2 aliphatic rings. The predicted molar refractivity (Wildman–Crippen MR) is 134 cm³/mol. The molecule has 1 aromatic heterocycles. The molecule has 1 fully saturated rings. The van der Waals surface area contributed by atoms with Crippen molar-refractivity contribution in [1.82, 2.24) is 14.9 Å². The highest BCUT2D eigenvalue weighted by Gasteiger charge is 2.35. The van der Waals surface area contributed by atoms with Crippen molar-refractivity contribution < 1.29 is 23.5 Å². The average Bonchev–Trinajstić information content (AvgIpc) is 2.89. The maximum atomic E-state index is 15.1. The number of halogens is 3. The third kappa shape index (κ3) is 3.96. The number of amides is 3. The fourth-order valence-corrected chi connectivity index (χ4v) is 4.73. The Bertz CT molecular complexity index is 1420. The molecule has 0 aliphatic carbocycles. The van der Waals surface area contributed by atoms with Gasteiger partial charge in [-0.3, -0.25) is 4.79 Å². The van der Waals surface area contributed by atoms with Crippen LogP contribution in [0.25, 0.3) is 10.9 Å². The third-order valence-electron chi connectivity index (χ3n) is 6.10. The summed E-state index contributed by atoms with van der Waals surface area (Å²) in [6, 6.07) is 3.70. The molecule has 12 heteroatoms. The molecule has 36 heavy (non-hydrogen) atoms. The Balaban J connectivity index is 1.63. The van der Waals surface area contributed by atoms with E-state index in [0.717, 1.165) is 11.3 Å². The molecule has 2 aliphatic heterocycles. The number of rotatable bonds is 5. The lowest BCUT2D eigenvalue weighted by Gasteiger charge is -2.34. The van der Waals surface area contributed by atoms with Crippen LogP contribution in [0.2, 0.25) is 10.0 Å². The van der Waals surface area contributed by atoms with Crippen molar-refractivity contribution in [3.05, 3.63) is 53.0 Å². The summed E-state index contributed by atoms with van der Waals surface area (Å²) in [6.45, 7) is 4.50. The van der Waals surface area contributed by atoms with Gasteiger partial charge in [0.15, 0.2) is 23.1 Å². The monoisotopic (exact) mass is 531 g/mol. The zero-order valence-corrected chi connectivity index (χ0v) is 20.6. The summed E-state index contributed by atoms with van der Waals surface area (Å²) in [5, 5.41) is 2.90. The maximum absolute atomic E-state index is 15.1. The molecular weight excluding hydrogens is 512 g/mol. The van der Waals surface area contributed by atoms with Gasteiger partial charge >= 0.3 is 6.03 Å². The standard InChI is InChI=1S/C24H20Cl2FN5O4/c1-3-17(33)31-8-4-5-12(10-31)36-22-16(35-2)9-14-18-21(22)30-24(34)32(23(18)29-11-28-14)15-7-6-13(25)19(26)20(15)27/h3,6-7,9,11-12H,1,4-5,8,10H2,2H3,(H,30,34)/t12-/m1/s1. The van der Waals surface area contributed by atoms with E-state index in [9.17, 15) is 9.59 Å². The molecule has 5 rings (SSSR count). The summed E-state index contributed by atoms with van der Waals surface area (Å²) in [4.78, 5) is 36.8. The molecule has 2 aromatic carbocycles. The number of hydrogen-bond acceptors (Lipinski definition) is 6. The fraction of sp³-hybridized carbons (Fsp3) is 0.250. The van der Waals surface area contributed by atoms with E-state index in [0.29, 0.717) is 36.2 Å². The number of carbonyl (C=O) groups excluding carboxylic acids is 2. The lowest BCUT2D eigenvalue weighted by atomic mass is 10.1. The molecule has 0 radical (unpaired) electrons. The SMILES string of the molecule is C=CC(=O)N1CCC[C@@H](Oc2c(OC)cc3ncnc4c3c2NC(=O)N4c2ccc(Cl)c(Cl)c2F)C1. The first-order valence-electron chi connectivity index (χ1n) is 11.0. The molecule has 186 valence electrons. The number of benzene rings is 2. The third-order valence-corrected chi connectivity index (χ3v) is 6.88. The number of likely N-dealkylation sites (tertiary alicyclic amines) is 1. The van der Waals surface area contributed by atoms with Gasteiger partial charge in [-0.15, -0.1) is 0 Å². The summed E-state index contributed by atoms with van der Waals surface area (Å²) in [5.74, 6) is -0.312. The van der Waals surface area contributed by atoms with E-state index in [1.54, 1.807) is 11.0 Å². The first-order valence-corrected chi connectivity index (χ1v) is 11.8. The summed E-state index contributed by atoms with van der Waals surface area (Å²) in [6.07, 6.45) is 3.60. The molecule has 3 amide bonds. The Morgan fingerprint density at radius 3 is 2.89 bits per heavy atom. The van der Waals surface area contributed by atoms with Gasteiger partial charge in [0, 0.05) is 12.6 Å². The fourth-order valence-electron chi connectivity index (χ4n) is 4.42. The van der Waals surface area contributed by atoms with Crippen LogP contribution in [0.1, 0.15) is 12.8 Å². The smallest absolute Gasteiger partial charge is 0.332 e. The second kappa shape index (κ2) is 9.44. The van der Waals surface area contributed by atoms with Gasteiger partial charge in [-0.2, -0.15) is 0 Å². The Hall–Kier alpha value is -3.63. The van der Waals surface area contributed by atoms with Crippen LogP contribution in [0.15, 0.2) is 37.2 Å². The van der Waals surface area contributed by atoms with Crippen molar-refractivity contribution in [2.24, 2.45) is 0 Å². The average molecular weight is 532 g/mol. The van der Waals surface area contributed by atoms with Gasteiger partial charge in [0.05, 0.1) is 40.3 Å². The van der Waals surface area contributed by atoms with Crippen LogP contribution < -0.4 is 19.7 Å². The molecule has 1 N–H and O–H groups in total. The lowest BCUT2D eigenvalue weighted by Crippen LogP contribution is -2.44. The van der Waals surface area contributed by atoms with Crippen molar-refractivity contribution in [2.45, 2.75) is 18.9 Å². The minimum atomic E-state index is -0.867. The van der Waals surface area contributed by atoms with Crippen molar-refractivity contribution in [1.29, 1.82) is 0 Å². The number of aromatic nitrogens is 2. The molecule has 1 atom stereocenters. The number of anilines is 3. The van der Waals surface area contributed by atoms with Crippen LogP contribution >= 0.6 is 23.2 Å². The van der Waals surface area contributed by atoms with Gasteiger partial charge in [0.25, 0.3) is 0 Å². The van der Waals surface area contributed by atoms with E-state index in [1.165, 1.54) is 31.6 Å². The van der Waals surface area contributed by atoms with Gasteiger partial charge in [-0.25, -0.2) is 24.1 Å². The summed E-state index contributed by atoms with van der Waals surface area (Å²) in [5.41, 5.74) is 0.599. The van der Waals surface area contributed by atoms with Crippen LogP contribution in [0.5, 0.6) is 11.5 Å². The lowest BCUT2D eigenvalue weighted by molar-refractivity contribution is -0.128. The van der Waals surface area contributed by atoms with E-state index in [1.807, 2.05) is 0 Å². The molecule has 0 saturated carbocycles. The van der Waals surface area contributed by atoms with Gasteiger partial charge in [-0.1, -0.05) is 29.8 Å². The Morgan fingerprint density at radius 2 is 2.14 bits per heavy atom. The molecule has 3 aromatic rings. The second-order valence-electron chi connectivity index (χ2n) is 8.20. The normalized spacial score (nSPS) is 17.1. The Labute approximate surface area is 215 Å². The van der Waals surface area contributed by atoms with E-state index < -0.39 is 11.8 Å². The van der Waals surface area contributed by atoms with Crippen LogP contribution in [-0.2, 0) is 4.79 Å². The number of nitrogens with one attached hydrogen (secondary N) is 1. The predicted octanol–water partition coefficient (Wildman–Crippen LogP) is 5.32. The van der Waals surface area contributed by atoms with E-state index in [4.69, 9.17) is 32.7 Å². The molecule has 0 bridgehead atoms. The highest BCUT2D eigenvalue weighted by molar-refractivity contribution is 6.42. The highest BCUT2D eigenvalue weighted by atomic mass is 35.5. The van der Waals surface area contributed by atoms with Gasteiger partial charge in [0.2, 0.25) is 5.91 Å². The van der Waals surface area contributed by atoms with Crippen LogP contribution in [0, 0.1) is 5.82 Å². The topological polar surface area (TPSA) is 96.9 Å². The summed E-state index contributed by atoms with van der Waals surface area (Å²) >= 11 is 11.9. The largest absolute Gasteiger partial charge is 0.493 e. The number of urea groups is 1. The molecule has 9 nitrogen and oxygen atoms in total. The number of carbonyl (C=O) groups is 2. The quantitative estimate of drug-likeness (QED) is 0.353. The zero-order chi connectivity index (χ0) is 25.6. The van der Waals surface area contributed by atoms with Gasteiger partial charge < -0.3 is 19.7 Å². The molecule has 3 heterocycles. The minimum absolute atomic E-state index is 0.0143. The number of methoxy groups -OCH3 is 1. The van der Waals surface area contributed by atoms with Gasteiger partial charge in [0.1, 0.15) is 18.1 Å². The van der Waals surface area contributed by atoms with Crippen molar-refractivity contribution in [2.75, 3.05) is 30.4 Å². The summed E-state index contributed by atoms with van der Waals surface area (Å²) in [7, 11) is 1.47. The molecule has 0 spiro atoms. The first-order chi connectivity index (χ1) is 17.3. The van der Waals surface area contributed by atoms with E-state index >= 15 is 4.39 Å². The number of nitrogens with zero attached hydrogens (tertiary/aromatic N) is 4. The maximum Gasteiger partial charge on any atom is 0.332 e. The minimum Gasteiger partial charge on any atom is -0.493 e. The summed E-state index contributed by atoms with van der Waals surface area (Å²) < 4.78 is 26.9. The number of hydrogen-bond donors (Lipinski definition) is 1. The van der Waals surface area contributed by atoms with Gasteiger partial charge in [-0.05, 0) is 31.1 Å². The number of piperidine rings is 1. The first kappa shape index (κ1) is 24.1. The Morgan fingerprint density at radius 1 is 1.33 bits per heavy atom. The molecular formula is C24H20Cl2FN5O4. The van der Waals surface area contributed by atoms with Crippen molar-refractivity contribution >= 4 is 63.2 Å². The highest BCUT2D eigenvalue weighted by Crippen LogP contribution is 2.49. The van der Waals surface area contributed by atoms with E-state index in [2.05, 4.69) is 21.9 Å². The Kier molecular flexibility index (Phi) is 6.31.